The normalized spacial score (nSPS) is 16.7. The molecule has 0 radical (unpaired) electrons. The minimum atomic E-state index is -0.589. The third kappa shape index (κ3) is 1.58. The fraction of sp³-hybridized carbons (Fsp3) is 0.375. The van der Waals surface area contributed by atoms with Gasteiger partial charge in [0, 0.05) is 5.71 Å². The lowest BCUT2D eigenvalue weighted by Gasteiger charge is -2.07. The van der Waals surface area contributed by atoms with Gasteiger partial charge in [0.15, 0.2) is 5.78 Å². The van der Waals surface area contributed by atoms with Crippen LogP contribution in [0, 0.1) is 0 Å². The summed E-state index contributed by atoms with van der Waals surface area (Å²) in [5.74, 6) is -0.873. The highest BCUT2D eigenvalue weighted by Gasteiger charge is 2.20. The summed E-state index contributed by atoms with van der Waals surface area (Å²) in [7, 11) is 1.25. The van der Waals surface area contributed by atoms with Crippen LogP contribution in [0.15, 0.2) is 16.6 Å². The van der Waals surface area contributed by atoms with Gasteiger partial charge >= 0.3 is 5.97 Å². The maximum absolute atomic E-state index is 11.1. The van der Waals surface area contributed by atoms with Crippen molar-refractivity contribution in [3.8, 4) is 0 Å². The van der Waals surface area contributed by atoms with Crippen LogP contribution in [-0.4, -0.2) is 31.1 Å². The quantitative estimate of drug-likeness (QED) is 0.412. The van der Waals surface area contributed by atoms with Crippen molar-refractivity contribution in [1.29, 1.82) is 0 Å². The number of esters is 1. The van der Waals surface area contributed by atoms with Crippen molar-refractivity contribution in [2.45, 2.75) is 6.92 Å². The summed E-state index contributed by atoms with van der Waals surface area (Å²) >= 11 is 0. The van der Waals surface area contributed by atoms with Crippen LogP contribution in [0.4, 0.5) is 0 Å². The number of allylic oxidation sites excluding steroid dienone is 1. The highest BCUT2D eigenvalue weighted by molar-refractivity contribution is 6.23. The van der Waals surface area contributed by atoms with Crippen molar-refractivity contribution < 1.29 is 14.3 Å². The Morgan fingerprint density at radius 1 is 1.67 bits per heavy atom. The Bertz CT molecular complexity index is 289. The molecule has 0 bridgehead atoms. The van der Waals surface area contributed by atoms with Crippen molar-refractivity contribution in [2.24, 2.45) is 4.99 Å². The molecule has 0 aromatic carbocycles. The second kappa shape index (κ2) is 3.30. The predicted octanol–water partition coefficient (Wildman–Crippen LogP) is 0.129. The van der Waals surface area contributed by atoms with Gasteiger partial charge in [-0.3, -0.25) is 9.79 Å². The average Bonchev–Trinajstić information content (AvgIpc) is 2.08. The molecule has 1 aliphatic rings. The van der Waals surface area contributed by atoms with Gasteiger partial charge in [-0.05, 0) is 13.0 Å². The smallest absolute Gasteiger partial charge is 0.341 e. The molecule has 4 heteroatoms. The lowest BCUT2D eigenvalue weighted by molar-refractivity contribution is -0.137. The molecule has 0 aromatic rings. The zero-order chi connectivity index (χ0) is 9.14. The SMILES string of the molecule is COC(=O)C1=CC(C)=NCC1=O. The molecule has 0 aromatic heterocycles. The molecule has 1 aliphatic heterocycles. The van der Waals surface area contributed by atoms with Crippen molar-refractivity contribution in [3.63, 3.8) is 0 Å². The molecule has 0 amide bonds. The monoisotopic (exact) mass is 167 g/mol. The minimum Gasteiger partial charge on any atom is -0.465 e. The number of dihydropyridines is 1. The van der Waals surface area contributed by atoms with Crippen molar-refractivity contribution >= 4 is 17.5 Å². The van der Waals surface area contributed by atoms with E-state index in [4.69, 9.17) is 0 Å². The van der Waals surface area contributed by atoms with Crippen LogP contribution in [0.1, 0.15) is 6.92 Å². The fourth-order valence-corrected chi connectivity index (χ4v) is 0.899. The van der Waals surface area contributed by atoms with E-state index in [0.717, 1.165) is 0 Å². The Labute approximate surface area is 69.9 Å². The van der Waals surface area contributed by atoms with Gasteiger partial charge in [0.1, 0.15) is 12.1 Å². The van der Waals surface area contributed by atoms with Gasteiger partial charge < -0.3 is 4.74 Å². The Morgan fingerprint density at radius 3 is 2.92 bits per heavy atom. The first-order valence-corrected chi connectivity index (χ1v) is 3.49. The van der Waals surface area contributed by atoms with Crippen molar-refractivity contribution in [3.05, 3.63) is 11.6 Å². The minimum absolute atomic E-state index is 0.0484. The number of methoxy groups -OCH3 is 1. The molecule has 0 fully saturated rings. The largest absolute Gasteiger partial charge is 0.465 e. The molecular weight excluding hydrogens is 158 g/mol. The molecule has 0 atom stereocenters. The maximum Gasteiger partial charge on any atom is 0.341 e. The molecule has 0 spiro atoms. The molecule has 1 rings (SSSR count). The number of hydrogen-bond acceptors (Lipinski definition) is 4. The summed E-state index contributed by atoms with van der Waals surface area (Å²) < 4.78 is 4.43. The zero-order valence-electron chi connectivity index (χ0n) is 6.96. The van der Waals surface area contributed by atoms with E-state index in [0.29, 0.717) is 5.71 Å². The summed E-state index contributed by atoms with van der Waals surface area (Å²) in [5.41, 5.74) is 0.764. The number of rotatable bonds is 1. The van der Waals surface area contributed by atoms with E-state index in [9.17, 15) is 9.59 Å². The number of aliphatic imine (C=N–C) groups is 1. The van der Waals surface area contributed by atoms with Gasteiger partial charge in [-0.2, -0.15) is 0 Å². The number of hydrogen-bond donors (Lipinski definition) is 0. The molecule has 0 saturated carbocycles. The summed E-state index contributed by atoms with van der Waals surface area (Å²) in [6, 6.07) is 0. The Balaban J connectivity index is 2.93. The standard InChI is InChI=1S/C8H9NO3/c1-5-3-6(8(11)12-2)7(10)4-9-5/h3H,4H2,1-2H3. The molecule has 0 aliphatic carbocycles. The first-order chi connectivity index (χ1) is 5.65. The first kappa shape index (κ1) is 8.64. The Kier molecular flexibility index (Phi) is 2.38. The van der Waals surface area contributed by atoms with Gasteiger partial charge in [0.25, 0.3) is 0 Å². The van der Waals surface area contributed by atoms with Crippen LogP contribution in [0.2, 0.25) is 0 Å². The van der Waals surface area contributed by atoms with Crippen LogP contribution in [0.25, 0.3) is 0 Å². The Morgan fingerprint density at radius 2 is 2.33 bits per heavy atom. The highest BCUT2D eigenvalue weighted by atomic mass is 16.5. The number of nitrogens with zero attached hydrogens (tertiary/aromatic N) is 1. The van der Waals surface area contributed by atoms with Crippen LogP contribution in [0.3, 0.4) is 0 Å². The zero-order valence-corrected chi connectivity index (χ0v) is 6.96. The second-order valence-corrected chi connectivity index (χ2v) is 2.43. The van der Waals surface area contributed by atoms with Gasteiger partial charge in [0.05, 0.1) is 7.11 Å². The van der Waals surface area contributed by atoms with Gasteiger partial charge in [-0.25, -0.2) is 4.79 Å². The van der Waals surface area contributed by atoms with E-state index in [1.807, 2.05) is 0 Å². The first-order valence-electron chi connectivity index (χ1n) is 3.49. The number of ketones is 1. The van der Waals surface area contributed by atoms with Crippen molar-refractivity contribution in [1.82, 2.24) is 0 Å². The Hall–Kier alpha value is -1.45. The fourth-order valence-electron chi connectivity index (χ4n) is 0.899. The van der Waals surface area contributed by atoms with Gasteiger partial charge in [0.2, 0.25) is 0 Å². The topological polar surface area (TPSA) is 55.7 Å². The lowest BCUT2D eigenvalue weighted by atomic mass is 10.1. The molecule has 0 unspecified atom stereocenters. The van der Waals surface area contributed by atoms with E-state index >= 15 is 0 Å². The molecule has 1 heterocycles. The van der Waals surface area contributed by atoms with E-state index < -0.39 is 5.97 Å². The van der Waals surface area contributed by atoms with Gasteiger partial charge in [-0.1, -0.05) is 0 Å². The average molecular weight is 167 g/mol. The summed E-state index contributed by atoms with van der Waals surface area (Å²) in [6.07, 6.45) is 1.44. The molecule has 12 heavy (non-hydrogen) atoms. The number of carbonyl (C=O) groups excluding carboxylic acids is 2. The van der Waals surface area contributed by atoms with Gasteiger partial charge in [-0.15, -0.1) is 0 Å². The molecule has 4 nitrogen and oxygen atoms in total. The van der Waals surface area contributed by atoms with E-state index in [2.05, 4.69) is 9.73 Å². The summed E-state index contributed by atoms with van der Waals surface area (Å²) in [6.45, 7) is 1.78. The lowest BCUT2D eigenvalue weighted by Crippen LogP contribution is -2.21. The van der Waals surface area contributed by atoms with Crippen LogP contribution < -0.4 is 0 Å². The van der Waals surface area contributed by atoms with Crippen LogP contribution >= 0.6 is 0 Å². The molecule has 0 N–H and O–H groups in total. The number of ether oxygens (including phenoxy) is 1. The summed E-state index contributed by atoms with van der Waals surface area (Å²) in [5, 5.41) is 0. The maximum atomic E-state index is 11.1. The van der Waals surface area contributed by atoms with E-state index in [1.165, 1.54) is 13.2 Å². The van der Waals surface area contributed by atoms with Crippen molar-refractivity contribution in [2.75, 3.05) is 13.7 Å². The van der Waals surface area contributed by atoms with E-state index in [1.54, 1.807) is 6.92 Å². The molecular formula is C8H9NO3. The number of Topliss-reactive ketones (excluding diaryl/α,β-unsaturated/α-hetero) is 1. The summed E-state index contributed by atoms with van der Waals surface area (Å²) in [4.78, 5) is 25.9. The van der Waals surface area contributed by atoms with E-state index in [-0.39, 0.29) is 17.9 Å². The number of carbonyl (C=O) groups is 2. The van der Waals surface area contributed by atoms with Crippen LogP contribution in [0.5, 0.6) is 0 Å². The molecule has 0 saturated heterocycles. The third-order valence-electron chi connectivity index (χ3n) is 1.53. The highest BCUT2D eigenvalue weighted by Crippen LogP contribution is 2.05. The second-order valence-electron chi connectivity index (χ2n) is 2.43. The molecule has 64 valence electrons. The predicted molar refractivity (Wildman–Crippen MR) is 43.1 cm³/mol. The third-order valence-corrected chi connectivity index (χ3v) is 1.53. The van der Waals surface area contributed by atoms with Crippen LogP contribution in [-0.2, 0) is 14.3 Å².